The molecule has 0 aromatic carbocycles. The molecule has 4 aliphatic carbocycles. The number of esters is 1. The molecule has 0 aromatic heterocycles. The topological polar surface area (TPSA) is 26.3 Å². The molecule has 102 valence electrons. The third kappa shape index (κ3) is 1.86. The van der Waals surface area contributed by atoms with E-state index >= 15 is 0 Å². The Morgan fingerprint density at radius 2 is 1.78 bits per heavy atom. The van der Waals surface area contributed by atoms with Crippen molar-refractivity contribution in [1.82, 2.24) is 0 Å². The highest BCUT2D eigenvalue weighted by Gasteiger charge is 2.65. The summed E-state index contributed by atoms with van der Waals surface area (Å²) in [6.45, 7) is 0. The molecule has 4 aliphatic rings. The van der Waals surface area contributed by atoms with E-state index in [1.54, 1.807) is 0 Å². The van der Waals surface area contributed by atoms with Crippen molar-refractivity contribution in [3.8, 4) is 0 Å². The van der Waals surface area contributed by atoms with Crippen molar-refractivity contribution in [3.05, 3.63) is 0 Å². The quantitative estimate of drug-likeness (QED) is 0.466. The van der Waals surface area contributed by atoms with E-state index in [9.17, 15) is 4.79 Å². The largest absolute Gasteiger partial charge is 0.467 e. The third-order valence-electron chi connectivity index (χ3n) is 5.10. The molecule has 0 amide bonds. The van der Waals surface area contributed by atoms with Crippen LogP contribution in [0.5, 0.6) is 0 Å². The van der Waals surface area contributed by atoms with E-state index in [-0.39, 0.29) is 15.7 Å². The molecule has 4 rings (SSSR count). The van der Waals surface area contributed by atoms with E-state index in [2.05, 4.69) is 47.8 Å². The van der Waals surface area contributed by atoms with Crippen molar-refractivity contribution in [3.63, 3.8) is 0 Å². The molecule has 0 heterocycles. The van der Waals surface area contributed by atoms with Gasteiger partial charge < -0.3 is 4.74 Å². The first kappa shape index (κ1) is 13.9. The zero-order chi connectivity index (χ0) is 13.2. The van der Waals surface area contributed by atoms with Crippen molar-refractivity contribution in [2.75, 3.05) is 7.11 Å². The number of rotatable bonds is 2. The standard InChI is InChI=1S/C13H17Br3O2/c1-18-10(17)13(15,16)11-3-8-2-9(4-11)6-12(14,5-8)7-11/h8-9H,2-7H2,1H3. The highest BCUT2D eigenvalue weighted by atomic mass is 79.9. The fourth-order valence-corrected chi connectivity index (χ4v) is 7.57. The molecule has 0 radical (unpaired) electrons. The third-order valence-corrected chi connectivity index (χ3v) is 8.36. The number of carbonyl (C=O) groups is 1. The number of methoxy groups -OCH3 is 1. The van der Waals surface area contributed by atoms with Gasteiger partial charge in [0.15, 0.2) is 3.23 Å². The lowest BCUT2D eigenvalue weighted by Crippen LogP contribution is -2.60. The number of hydrogen-bond acceptors (Lipinski definition) is 2. The number of halogens is 3. The van der Waals surface area contributed by atoms with Crippen LogP contribution in [0.15, 0.2) is 0 Å². The second kappa shape index (κ2) is 4.20. The SMILES string of the molecule is COC(=O)C(Br)(Br)C12CC3CC(CC(Br)(C3)C1)C2. The summed E-state index contributed by atoms with van der Waals surface area (Å²) < 4.78 is 4.51. The van der Waals surface area contributed by atoms with Gasteiger partial charge in [-0.3, -0.25) is 0 Å². The van der Waals surface area contributed by atoms with Gasteiger partial charge >= 0.3 is 5.97 Å². The minimum Gasteiger partial charge on any atom is -0.467 e. The molecular formula is C13H17Br3O2. The van der Waals surface area contributed by atoms with Gasteiger partial charge in [0.25, 0.3) is 0 Å². The summed E-state index contributed by atoms with van der Waals surface area (Å²) in [5, 5.41) is 0. The van der Waals surface area contributed by atoms with Crippen LogP contribution in [0, 0.1) is 17.3 Å². The first-order valence-electron chi connectivity index (χ1n) is 6.45. The molecule has 0 spiro atoms. The van der Waals surface area contributed by atoms with Gasteiger partial charge in [0, 0.05) is 9.74 Å². The van der Waals surface area contributed by atoms with E-state index < -0.39 is 3.23 Å². The molecule has 2 unspecified atom stereocenters. The zero-order valence-corrected chi connectivity index (χ0v) is 15.1. The molecular weight excluding hydrogens is 428 g/mol. The predicted molar refractivity (Wildman–Crippen MR) is 81.4 cm³/mol. The molecule has 2 nitrogen and oxygen atoms in total. The van der Waals surface area contributed by atoms with Gasteiger partial charge in [-0.05, 0) is 50.4 Å². The average molecular weight is 445 g/mol. The second-order valence-corrected chi connectivity index (χ2v) is 11.6. The monoisotopic (exact) mass is 442 g/mol. The van der Waals surface area contributed by atoms with Gasteiger partial charge in [-0.2, -0.15) is 0 Å². The maximum absolute atomic E-state index is 12.1. The fraction of sp³-hybridized carbons (Fsp3) is 0.923. The first-order valence-corrected chi connectivity index (χ1v) is 8.83. The van der Waals surface area contributed by atoms with Crippen molar-refractivity contribution in [2.24, 2.45) is 17.3 Å². The Hall–Kier alpha value is 0.910. The smallest absolute Gasteiger partial charge is 0.334 e. The highest BCUT2D eigenvalue weighted by molar-refractivity contribution is 9.26. The van der Waals surface area contributed by atoms with E-state index in [0.29, 0.717) is 0 Å². The maximum Gasteiger partial charge on any atom is 0.334 e. The second-order valence-electron chi connectivity index (χ2n) is 6.46. The molecule has 0 aromatic rings. The van der Waals surface area contributed by atoms with Crippen LogP contribution in [0.4, 0.5) is 0 Å². The van der Waals surface area contributed by atoms with Crippen molar-refractivity contribution in [2.45, 2.75) is 46.1 Å². The van der Waals surface area contributed by atoms with Gasteiger partial charge in [-0.25, -0.2) is 4.79 Å². The maximum atomic E-state index is 12.1. The van der Waals surface area contributed by atoms with Gasteiger partial charge in [0.2, 0.25) is 0 Å². The number of hydrogen-bond donors (Lipinski definition) is 0. The molecule has 4 bridgehead atoms. The van der Waals surface area contributed by atoms with Crippen LogP contribution in [0.2, 0.25) is 0 Å². The van der Waals surface area contributed by atoms with Crippen molar-refractivity contribution >= 4 is 53.8 Å². The normalized spacial score (nSPS) is 46.2. The van der Waals surface area contributed by atoms with Crippen molar-refractivity contribution < 1.29 is 9.53 Å². The van der Waals surface area contributed by atoms with Crippen molar-refractivity contribution in [1.29, 1.82) is 0 Å². The van der Waals surface area contributed by atoms with Gasteiger partial charge in [-0.1, -0.05) is 47.8 Å². The lowest BCUT2D eigenvalue weighted by molar-refractivity contribution is -0.147. The molecule has 0 saturated heterocycles. The molecule has 0 aliphatic heterocycles. The fourth-order valence-electron chi connectivity index (χ4n) is 4.86. The Kier molecular flexibility index (Phi) is 3.24. The molecule has 2 atom stereocenters. The van der Waals surface area contributed by atoms with E-state index in [1.165, 1.54) is 26.4 Å². The number of carbonyl (C=O) groups excluding carboxylic acids is 1. The highest BCUT2D eigenvalue weighted by Crippen LogP contribution is 2.70. The molecule has 18 heavy (non-hydrogen) atoms. The average Bonchev–Trinajstić information content (AvgIpc) is 2.24. The van der Waals surface area contributed by atoms with E-state index in [0.717, 1.165) is 31.1 Å². The van der Waals surface area contributed by atoms with Crippen LogP contribution in [0.25, 0.3) is 0 Å². The summed E-state index contributed by atoms with van der Waals surface area (Å²) in [7, 11) is 1.46. The molecule has 4 saturated carbocycles. The minimum absolute atomic E-state index is 0.00627. The minimum atomic E-state index is -0.724. The Balaban J connectivity index is 1.98. The summed E-state index contributed by atoms with van der Waals surface area (Å²) in [5.41, 5.74) is -0.00627. The summed E-state index contributed by atoms with van der Waals surface area (Å²) in [6.07, 6.45) is 7.18. The van der Waals surface area contributed by atoms with Gasteiger partial charge in [0.1, 0.15) is 0 Å². The summed E-state index contributed by atoms with van der Waals surface area (Å²) in [5.74, 6) is 1.31. The Morgan fingerprint density at radius 1 is 1.22 bits per heavy atom. The number of alkyl halides is 3. The van der Waals surface area contributed by atoms with Gasteiger partial charge in [0.05, 0.1) is 7.11 Å². The predicted octanol–water partition coefficient (Wildman–Crippen LogP) is 4.38. The zero-order valence-electron chi connectivity index (χ0n) is 10.3. The van der Waals surface area contributed by atoms with Gasteiger partial charge in [-0.15, -0.1) is 0 Å². The molecule has 0 N–H and O–H groups in total. The van der Waals surface area contributed by atoms with Crippen LogP contribution in [-0.2, 0) is 9.53 Å². The summed E-state index contributed by atoms with van der Waals surface area (Å²) in [6, 6.07) is 0. The van der Waals surface area contributed by atoms with E-state index in [4.69, 9.17) is 4.74 Å². The lowest BCUT2D eigenvalue weighted by Gasteiger charge is -2.62. The van der Waals surface area contributed by atoms with Crippen LogP contribution in [-0.4, -0.2) is 20.6 Å². The Bertz CT molecular complexity index is 380. The summed E-state index contributed by atoms with van der Waals surface area (Å²) >= 11 is 11.2. The van der Waals surface area contributed by atoms with Crippen LogP contribution in [0.3, 0.4) is 0 Å². The molecule has 5 heteroatoms. The lowest BCUT2D eigenvalue weighted by atomic mass is 9.48. The number of ether oxygens (including phenoxy) is 1. The van der Waals surface area contributed by atoms with Crippen LogP contribution < -0.4 is 0 Å². The molecule has 4 fully saturated rings. The Morgan fingerprint density at radius 3 is 2.22 bits per heavy atom. The summed E-state index contributed by atoms with van der Waals surface area (Å²) in [4.78, 5) is 12.1. The van der Waals surface area contributed by atoms with E-state index in [1.807, 2.05) is 0 Å². The van der Waals surface area contributed by atoms with Crippen LogP contribution >= 0.6 is 47.8 Å². The van der Waals surface area contributed by atoms with Crippen LogP contribution in [0.1, 0.15) is 38.5 Å². The Labute approximate surface area is 133 Å². The first-order chi connectivity index (χ1) is 8.30.